The molecule has 0 radical (unpaired) electrons. The number of benzene rings is 2. The number of hydrogen-bond acceptors (Lipinski definition) is 9. The molecule has 0 fully saturated rings. The van der Waals surface area contributed by atoms with Gasteiger partial charge in [-0.3, -0.25) is 10.1 Å². The molecule has 2 N–H and O–H groups in total. The molecule has 0 unspecified atom stereocenters. The number of phenols is 1. The van der Waals surface area contributed by atoms with E-state index in [1.165, 1.54) is 41.1 Å². The zero-order valence-corrected chi connectivity index (χ0v) is 15.7. The van der Waals surface area contributed by atoms with Crippen LogP contribution >= 0.6 is 0 Å². The van der Waals surface area contributed by atoms with Gasteiger partial charge in [-0.25, -0.2) is 4.79 Å². The Bertz CT molecular complexity index is 1140. The van der Waals surface area contributed by atoms with E-state index in [2.05, 4.69) is 20.8 Å². The summed E-state index contributed by atoms with van der Waals surface area (Å²) in [4.78, 5) is 23.2. The minimum atomic E-state index is -0.652. The summed E-state index contributed by atoms with van der Waals surface area (Å²) < 4.78 is 6.93. The Morgan fingerprint density at radius 2 is 1.93 bits per heavy atom. The normalized spacial score (nSPS) is 15.3. The maximum absolute atomic E-state index is 13.0. The van der Waals surface area contributed by atoms with Gasteiger partial charge in [-0.2, -0.15) is 4.68 Å². The number of nitro benzene ring substituents is 1. The van der Waals surface area contributed by atoms with Crippen molar-refractivity contribution in [3.8, 4) is 5.75 Å². The number of tetrazole rings is 1. The second kappa shape index (κ2) is 7.62. The predicted molar refractivity (Wildman–Crippen MR) is 103 cm³/mol. The number of fused-ring (bicyclic) bond motifs is 1. The van der Waals surface area contributed by atoms with Crippen molar-refractivity contribution in [1.82, 2.24) is 20.2 Å². The molecular formula is C19H16N6O5. The third-order valence-electron chi connectivity index (χ3n) is 4.66. The topological polar surface area (TPSA) is 145 Å². The van der Waals surface area contributed by atoms with E-state index in [0.29, 0.717) is 28.3 Å². The highest BCUT2D eigenvalue weighted by molar-refractivity contribution is 5.92. The average Bonchev–Trinajstić information content (AvgIpc) is 3.20. The maximum atomic E-state index is 13.0. The molecule has 11 nitrogen and oxygen atoms in total. The van der Waals surface area contributed by atoms with Crippen molar-refractivity contribution in [3.63, 3.8) is 0 Å². The van der Waals surface area contributed by atoms with Crippen molar-refractivity contribution in [2.45, 2.75) is 19.6 Å². The number of nitrogens with zero attached hydrogens (tertiary/aromatic N) is 5. The van der Waals surface area contributed by atoms with Crippen LogP contribution in [-0.4, -0.2) is 36.2 Å². The number of nitrogens with one attached hydrogen (secondary N) is 1. The fourth-order valence-corrected chi connectivity index (χ4v) is 3.18. The molecule has 0 spiro atoms. The molecule has 0 aliphatic carbocycles. The minimum absolute atomic E-state index is 0.0429. The van der Waals surface area contributed by atoms with Crippen molar-refractivity contribution in [1.29, 1.82) is 0 Å². The largest absolute Gasteiger partial charge is 0.508 e. The summed E-state index contributed by atoms with van der Waals surface area (Å²) in [5.41, 5.74) is 2.09. The number of anilines is 1. The number of ether oxygens (including phenoxy) is 1. The first-order valence-electron chi connectivity index (χ1n) is 8.89. The summed E-state index contributed by atoms with van der Waals surface area (Å²) in [6.45, 7) is 1.66. The number of carbonyl (C=O) groups is 1. The first-order valence-corrected chi connectivity index (χ1v) is 8.89. The van der Waals surface area contributed by atoms with E-state index in [-0.39, 0.29) is 18.0 Å². The van der Waals surface area contributed by atoms with Crippen molar-refractivity contribution in [2.24, 2.45) is 0 Å². The minimum Gasteiger partial charge on any atom is -0.508 e. The van der Waals surface area contributed by atoms with Gasteiger partial charge in [0.2, 0.25) is 5.95 Å². The van der Waals surface area contributed by atoms with E-state index in [1.54, 1.807) is 19.1 Å². The molecule has 1 aromatic heterocycles. The molecule has 0 bridgehead atoms. The molecular weight excluding hydrogens is 392 g/mol. The summed E-state index contributed by atoms with van der Waals surface area (Å²) >= 11 is 0. The Morgan fingerprint density at radius 3 is 2.60 bits per heavy atom. The zero-order valence-electron chi connectivity index (χ0n) is 15.7. The molecule has 2 aromatic carbocycles. The lowest BCUT2D eigenvalue weighted by Gasteiger charge is -2.27. The van der Waals surface area contributed by atoms with E-state index >= 15 is 0 Å². The zero-order chi connectivity index (χ0) is 21.3. The van der Waals surface area contributed by atoms with E-state index in [4.69, 9.17) is 4.74 Å². The highest BCUT2D eigenvalue weighted by Gasteiger charge is 2.35. The number of non-ortho nitro benzene ring substituents is 1. The van der Waals surface area contributed by atoms with Crippen LogP contribution in [-0.2, 0) is 16.1 Å². The van der Waals surface area contributed by atoms with Crippen LogP contribution in [0.3, 0.4) is 0 Å². The van der Waals surface area contributed by atoms with Crippen LogP contribution in [0.5, 0.6) is 5.75 Å². The summed E-state index contributed by atoms with van der Waals surface area (Å²) in [5, 5.41) is 34.9. The highest BCUT2D eigenvalue weighted by atomic mass is 16.6. The Balaban J connectivity index is 1.60. The van der Waals surface area contributed by atoms with E-state index in [0.717, 1.165) is 0 Å². The van der Waals surface area contributed by atoms with Gasteiger partial charge >= 0.3 is 5.97 Å². The number of aromatic nitrogens is 4. The monoisotopic (exact) mass is 408 g/mol. The van der Waals surface area contributed by atoms with Gasteiger partial charge in [0.05, 0.1) is 10.5 Å². The smallest absolute Gasteiger partial charge is 0.338 e. The summed E-state index contributed by atoms with van der Waals surface area (Å²) in [7, 11) is 0. The van der Waals surface area contributed by atoms with Gasteiger partial charge in [-0.1, -0.05) is 17.2 Å². The van der Waals surface area contributed by atoms with Crippen LogP contribution in [0.2, 0.25) is 0 Å². The molecule has 0 amide bonds. The summed E-state index contributed by atoms with van der Waals surface area (Å²) in [5.74, 6) is -0.123. The number of carbonyl (C=O) groups excluding carboxylic acids is 1. The highest BCUT2D eigenvalue weighted by Crippen LogP contribution is 2.35. The Hall–Kier alpha value is -4.28. The Morgan fingerprint density at radius 1 is 1.23 bits per heavy atom. The fourth-order valence-electron chi connectivity index (χ4n) is 3.18. The molecule has 0 saturated carbocycles. The molecule has 30 heavy (non-hydrogen) atoms. The summed E-state index contributed by atoms with van der Waals surface area (Å²) in [6.07, 6.45) is 0. The number of rotatable bonds is 5. The third-order valence-corrected chi connectivity index (χ3v) is 4.66. The molecule has 3 aromatic rings. The molecule has 2 heterocycles. The van der Waals surface area contributed by atoms with E-state index in [1.807, 2.05) is 0 Å². The van der Waals surface area contributed by atoms with Crippen LogP contribution in [0.15, 0.2) is 59.8 Å². The van der Waals surface area contributed by atoms with Gasteiger partial charge in [0.1, 0.15) is 18.4 Å². The molecule has 152 valence electrons. The maximum Gasteiger partial charge on any atom is 0.338 e. The third kappa shape index (κ3) is 3.55. The van der Waals surface area contributed by atoms with E-state index in [9.17, 15) is 20.0 Å². The predicted octanol–water partition coefficient (Wildman–Crippen LogP) is 2.32. The number of esters is 1. The average molecular weight is 408 g/mol. The van der Waals surface area contributed by atoms with Gasteiger partial charge < -0.3 is 15.2 Å². The fraction of sp³-hybridized carbons (Fsp3) is 0.158. The SMILES string of the molecule is CC1=C(C(=O)OCc2ccc([N+](=O)[O-])cc2)[C@@H](c2ccc(O)cc2)n2nnnc2N1. The number of allylic oxidation sites excluding steroid dienone is 1. The van der Waals surface area contributed by atoms with Crippen LogP contribution in [0.1, 0.15) is 24.1 Å². The number of aromatic hydroxyl groups is 1. The Labute approximate surface area is 169 Å². The first kappa shape index (κ1) is 19.1. The summed E-state index contributed by atoms with van der Waals surface area (Å²) in [6, 6.07) is 11.5. The van der Waals surface area contributed by atoms with Crippen molar-refractivity contribution >= 4 is 17.6 Å². The van der Waals surface area contributed by atoms with Gasteiger partial charge in [-0.05, 0) is 52.7 Å². The Kier molecular flexibility index (Phi) is 4.84. The molecule has 4 rings (SSSR count). The quantitative estimate of drug-likeness (QED) is 0.369. The van der Waals surface area contributed by atoms with Gasteiger partial charge in [-0.15, -0.1) is 0 Å². The second-order valence-corrected chi connectivity index (χ2v) is 6.60. The lowest BCUT2D eigenvalue weighted by atomic mass is 9.96. The molecule has 1 aliphatic rings. The standard InChI is InChI=1S/C19H16N6O5/c1-11-16(18(27)30-10-12-2-6-14(7-3-12)25(28)29)17(13-4-8-15(26)9-5-13)24-19(20-11)21-22-23-24/h2-9,17,26H,10H2,1H3,(H,20,21,23)/t17-/m1/s1. The van der Waals surface area contributed by atoms with Crippen molar-refractivity contribution in [3.05, 3.63) is 81.0 Å². The first-order chi connectivity index (χ1) is 14.4. The van der Waals surface area contributed by atoms with Gasteiger partial charge in [0.25, 0.3) is 5.69 Å². The van der Waals surface area contributed by atoms with Gasteiger partial charge in [0, 0.05) is 17.8 Å². The molecule has 11 heteroatoms. The van der Waals surface area contributed by atoms with Gasteiger partial charge in [0.15, 0.2) is 0 Å². The van der Waals surface area contributed by atoms with Crippen LogP contribution in [0.4, 0.5) is 11.6 Å². The lowest BCUT2D eigenvalue weighted by molar-refractivity contribution is -0.384. The van der Waals surface area contributed by atoms with Crippen molar-refractivity contribution in [2.75, 3.05) is 5.32 Å². The second-order valence-electron chi connectivity index (χ2n) is 6.60. The molecule has 1 aliphatic heterocycles. The number of nitro groups is 1. The van der Waals surface area contributed by atoms with Crippen LogP contribution < -0.4 is 5.32 Å². The van der Waals surface area contributed by atoms with Crippen LogP contribution in [0, 0.1) is 10.1 Å². The number of hydrogen-bond donors (Lipinski definition) is 2. The molecule has 0 saturated heterocycles. The van der Waals surface area contributed by atoms with Crippen LogP contribution in [0.25, 0.3) is 0 Å². The van der Waals surface area contributed by atoms with Crippen molar-refractivity contribution < 1.29 is 19.6 Å². The molecule has 1 atom stereocenters. The lowest BCUT2D eigenvalue weighted by Crippen LogP contribution is -2.29. The van der Waals surface area contributed by atoms with E-state index < -0.39 is 16.9 Å². The number of phenolic OH excluding ortho intramolecular Hbond substituents is 1.